The van der Waals surface area contributed by atoms with Gasteiger partial charge in [0.15, 0.2) is 5.78 Å². The van der Waals surface area contributed by atoms with Crippen LogP contribution in [0, 0.1) is 0 Å². The van der Waals surface area contributed by atoms with Gasteiger partial charge in [-0.3, -0.25) is 4.79 Å². The standard InChI is InChI=1S/C17H19NO2/c1-4-12-10-14(8-9-16(12)20-3)17(19)13-6-5-7-15(11-13)18-2/h5-11,18H,4H2,1-3H3. The predicted molar refractivity (Wildman–Crippen MR) is 81.8 cm³/mol. The lowest BCUT2D eigenvalue weighted by molar-refractivity contribution is 0.103. The highest BCUT2D eigenvalue weighted by Gasteiger charge is 2.12. The van der Waals surface area contributed by atoms with Crippen molar-refractivity contribution < 1.29 is 9.53 Å². The number of aryl methyl sites for hydroxylation is 1. The van der Waals surface area contributed by atoms with Crippen LogP contribution in [0.4, 0.5) is 5.69 Å². The van der Waals surface area contributed by atoms with Crippen LogP contribution in [0.15, 0.2) is 42.5 Å². The van der Waals surface area contributed by atoms with Gasteiger partial charge in [0, 0.05) is 23.9 Å². The van der Waals surface area contributed by atoms with Gasteiger partial charge >= 0.3 is 0 Å². The fourth-order valence-electron chi connectivity index (χ4n) is 2.18. The van der Waals surface area contributed by atoms with Gasteiger partial charge in [0.1, 0.15) is 5.75 Å². The van der Waals surface area contributed by atoms with Gasteiger partial charge in [0.25, 0.3) is 0 Å². The first kappa shape index (κ1) is 14.1. The Morgan fingerprint density at radius 3 is 2.55 bits per heavy atom. The molecule has 0 aliphatic carbocycles. The minimum atomic E-state index is 0.0273. The van der Waals surface area contributed by atoms with Gasteiger partial charge in [0.2, 0.25) is 0 Å². The van der Waals surface area contributed by atoms with E-state index in [2.05, 4.69) is 5.32 Å². The highest BCUT2D eigenvalue weighted by molar-refractivity contribution is 6.09. The maximum absolute atomic E-state index is 12.5. The molecular weight excluding hydrogens is 250 g/mol. The summed E-state index contributed by atoms with van der Waals surface area (Å²) in [5, 5.41) is 3.04. The molecule has 0 amide bonds. The molecule has 0 aliphatic rings. The van der Waals surface area contributed by atoms with Crippen molar-refractivity contribution in [2.45, 2.75) is 13.3 Å². The lowest BCUT2D eigenvalue weighted by atomic mass is 9.99. The number of hydrogen-bond acceptors (Lipinski definition) is 3. The molecule has 2 rings (SSSR count). The summed E-state index contributed by atoms with van der Waals surface area (Å²) in [6.07, 6.45) is 0.834. The number of carbonyl (C=O) groups is 1. The molecule has 20 heavy (non-hydrogen) atoms. The van der Waals surface area contributed by atoms with E-state index >= 15 is 0 Å². The third-order valence-corrected chi connectivity index (χ3v) is 3.34. The van der Waals surface area contributed by atoms with Crippen molar-refractivity contribution in [2.24, 2.45) is 0 Å². The molecule has 3 nitrogen and oxygen atoms in total. The summed E-state index contributed by atoms with van der Waals surface area (Å²) in [5.41, 5.74) is 3.35. The van der Waals surface area contributed by atoms with Gasteiger partial charge < -0.3 is 10.1 Å². The van der Waals surface area contributed by atoms with Gasteiger partial charge in [-0.15, -0.1) is 0 Å². The van der Waals surface area contributed by atoms with Crippen LogP contribution in [0.5, 0.6) is 5.75 Å². The number of rotatable bonds is 5. The molecule has 0 saturated carbocycles. The number of ketones is 1. The van der Waals surface area contributed by atoms with E-state index in [1.165, 1.54) is 0 Å². The number of methoxy groups -OCH3 is 1. The van der Waals surface area contributed by atoms with Crippen LogP contribution in [0.3, 0.4) is 0 Å². The van der Waals surface area contributed by atoms with E-state index in [-0.39, 0.29) is 5.78 Å². The van der Waals surface area contributed by atoms with Crippen molar-refractivity contribution in [3.63, 3.8) is 0 Å². The van der Waals surface area contributed by atoms with Gasteiger partial charge in [-0.05, 0) is 42.3 Å². The van der Waals surface area contributed by atoms with Crippen LogP contribution in [0.1, 0.15) is 28.4 Å². The van der Waals surface area contributed by atoms with E-state index in [0.29, 0.717) is 11.1 Å². The molecule has 0 saturated heterocycles. The predicted octanol–water partition coefficient (Wildman–Crippen LogP) is 3.53. The Hall–Kier alpha value is -2.29. The molecule has 0 unspecified atom stereocenters. The Kier molecular flexibility index (Phi) is 4.41. The van der Waals surface area contributed by atoms with Crippen molar-refractivity contribution in [2.75, 3.05) is 19.5 Å². The van der Waals surface area contributed by atoms with Crippen LogP contribution in [0.25, 0.3) is 0 Å². The van der Waals surface area contributed by atoms with Gasteiger partial charge in [-0.2, -0.15) is 0 Å². The van der Waals surface area contributed by atoms with Crippen molar-refractivity contribution >= 4 is 11.5 Å². The van der Waals surface area contributed by atoms with Crippen LogP contribution >= 0.6 is 0 Å². The lowest BCUT2D eigenvalue weighted by Crippen LogP contribution is -2.03. The molecule has 0 bridgehead atoms. The minimum absolute atomic E-state index is 0.0273. The second-order valence-corrected chi connectivity index (χ2v) is 4.54. The van der Waals surface area contributed by atoms with E-state index in [9.17, 15) is 4.79 Å². The maximum Gasteiger partial charge on any atom is 0.193 e. The monoisotopic (exact) mass is 269 g/mol. The molecule has 3 heteroatoms. The van der Waals surface area contributed by atoms with Gasteiger partial charge in [0.05, 0.1) is 7.11 Å². The molecule has 0 radical (unpaired) electrons. The summed E-state index contributed by atoms with van der Waals surface area (Å²) < 4.78 is 5.29. The summed E-state index contributed by atoms with van der Waals surface area (Å²) in [5.74, 6) is 0.854. The van der Waals surface area contributed by atoms with Crippen LogP contribution in [0.2, 0.25) is 0 Å². The number of nitrogens with one attached hydrogen (secondary N) is 1. The Morgan fingerprint density at radius 1 is 1.15 bits per heavy atom. The molecule has 0 heterocycles. The van der Waals surface area contributed by atoms with Gasteiger partial charge in [-0.25, -0.2) is 0 Å². The number of carbonyl (C=O) groups excluding carboxylic acids is 1. The van der Waals surface area contributed by atoms with E-state index in [0.717, 1.165) is 23.4 Å². The second kappa shape index (κ2) is 6.24. The Bertz CT molecular complexity index is 620. The van der Waals surface area contributed by atoms with Crippen LogP contribution in [-0.4, -0.2) is 19.9 Å². The zero-order chi connectivity index (χ0) is 14.5. The molecule has 1 N–H and O–H groups in total. The van der Waals surface area contributed by atoms with Crippen molar-refractivity contribution in [3.05, 3.63) is 59.2 Å². The third kappa shape index (κ3) is 2.82. The highest BCUT2D eigenvalue weighted by Crippen LogP contribution is 2.22. The van der Waals surface area contributed by atoms with E-state index in [4.69, 9.17) is 4.74 Å². The Balaban J connectivity index is 2.37. The minimum Gasteiger partial charge on any atom is -0.496 e. The quantitative estimate of drug-likeness (QED) is 0.844. The average molecular weight is 269 g/mol. The maximum atomic E-state index is 12.5. The van der Waals surface area contributed by atoms with Gasteiger partial charge in [-0.1, -0.05) is 19.1 Å². The number of hydrogen-bond donors (Lipinski definition) is 1. The fourth-order valence-corrected chi connectivity index (χ4v) is 2.18. The topological polar surface area (TPSA) is 38.3 Å². The Labute approximate surface area is 119 Å². The first-order valence-corrected chi connectivity index (χ1v) is 6.69. The van der Waals surface area contributed by atoms with E-state index < -0.39 is 0 Å². The van der Waals surface area contributed by atoms with Crippen molar-refractivity contribution in [1.82, 2.24) is 0 Å². The van der Waals surface area contributed by atoms with Crippen molar-refractivity contribution in [1.29, 1.82) is 0 Å². The molecule has 2 aromatic carbocycles. The summed E-state index contributed by atoms with van der Waals surface area (Å²) >= 11 is 0. The zero-order valence-corrected chi connectivity index (χ0v) is 12.1. The molecule has 2 aromatic rings. The van der Waals surface area contributed by atoms with Crippen LogP contribution in [-0.2, 0) is 6.42 Å². The first-order chi connectivity index (χ1) is 9.69. The van der Waals surface area contributed by atoms with Crippen LogP contribution < -0.4 is 10.1 Å². The summed E-state index contributed by atoms with van der Waals surface area (Å²) in [6, 6.07) is 13.1. The third-order valence-electron chi connectivity index (χ3n) is 3.34. The number of ether oxygens (including phenoxy) is 1. The summed E-state index contributed by atoms with van der Waals surface area (Å²) in [7, 11) is 3.48. The fraction of sp³-hybridized carbons (Fsp3) is 0.235. The first-order valence-electron chi connectivity index (χ1n) is 6.69. The SMILES string of the molecule is CCc1cc(C(=O)c2cccc(NC)c2)ccc1OC. The summed E-state index contributed by atoms with van der Waals surface area (Å²) in [6.45, 7) is 2.05. The summed E-state index contributed by atoms with van der Waals surface area (Å²) in [4.78, 5) is 12.5. The van der Waals surface area contributed by atoms with E-state index in [1.807, 2.05) is 56.4 Å². The average Bonchev–Trinajstić information content (AvgIpc) is 2.53. The molecule has 0 atom stereocenters. The molecule has 0 aromatic heterocycles. The number of anilines is 1. The lowest BCUT2D eigenvalue weighted by Gasteiger charge is -2.09. The smallest absolute Gasteiger partial charge is 0.193 e. The normalized spacial score (nSPS) is 10.2. The molecule has 104 valence electrons. The van der Waals surface area contributed by atoms with Crippen molar-refractivity contribution in [3.8, 4) is 5.75 Å². The number of benzene rings is 2. The molecular formula is C17H19NO2. The second-order valence-electron chi connectivity index (χ2n) is 4.54. The highest BCUT2D eigenvalue weighted by atomic mass is 16.5. The Morgan fingerprint density at radius 2 is 1.90 bits per heavy atom. The molecule has 0 fully saturated rings. The molecule has 0 aliphatic heterocycles. The molecule has 0 spiro atoms. The largest absolute Gasteiger partial charge is 0.496 e. The van der Waals surface area contributed by atoms with E-state index in [1.54, 1.807) is 7.11 Å². The zero-order valence-electron chi connectivity index (χ0n) is 12.1.